The van der Waals surface area contributed by atoms with E-state index >= 15 is 0 Å². The summed E-state index contributed by atoms with van der Waals surface area (Å²) >= 11 is 4.29. The lowest BCUT2D eigenvalue weighted by molar-refractivity contribution is -0.123. The molecule has 1 heterocycles. The zero-order valence-corrected chi connectivity index (χ0v) is 20.4. The van der Waals surface area contributed by atoms with Crippen LogP contribution in [0.3, 0.4) is 0 Å². The number of imide groups is 1. The van der Waals surface area contributed by atoms with Crippen molar-refractivity contribution in [1.29, 1.82) is 0 Å². The normalized spacial score (nSPS) is 14.8. The zero-order chi connectivity index (χ0) is 23.5. The third-order valence-corrected chi connectivity index (χ3v) is 6.45. The summed E-state index contributed by atoms with van der Waals surface area (Å²) in [6.07, 6.45) is 1.59. The number of ether oxygens (including phenoxy) is 1. The topological polar surface area (TPSA) is 63.7 Å². The molecule has 33 heavy (non-hydrogen) atoms. The summed E-state index contributed by atoms with van der Waals surface area (Å²) < 4.78 is 6.36. The lowest BCUT2D eigenvalue weighted by Crippen LogP contribution is -2.27. The Morgan fingerprint density at radius 1 is 1.00 bits per heavy atom. The third kappa shape index (κ3) is 5.43. The molecule has 5 nitrogen and oxygen atoms in total. The molecule has 1 aliphatic heterocycles. The van der Waals surface area contributed by atoms with Crippen LogP contribution in [0.5, 0.6) is 5.75 Å². The molecular formula is C26H20BrNO4S. The maximum absolute atomic E-state index is 13.0. The van der Waals surface area contributed by atoms with Gasteiger partial charge in [-0.15, -0.1) is 0 Å². The number of carbonyl (C=O) groups is 3. The second-order valence-electron chi connectivity index (χ2n) is 7.69. The van der Waals surface area contributed by atoms with E-state index in [-0.39, 0.29) is 22.6 Å². The maximum atomic E-state index is 13.0. The van der Waals surface area contributed by atoms with Gasteiger partial charge in [0.15, 0.2) is 0 Å². The molecule has 0 aromatic heterocycles. The molecule has 2 amide bonds. The number of nitrogens with zero attached hydrogens (tertiary/aromatic N) is 1. The van der Waals surface area contributed by atoms with Crippen LogP contribution in [0.4, 0.5) is 4.79 Å². The standard InChI is InChI=1S/C26H20BrNO4S/c1-16-6-8-19(9-7-16)25(30)32-22-11-10-21(27)13-20(22)14-23-24(29)28(26(31)33-23)15-18-5-3-4-17(2)12-18/h3-14H,15H2,1-2H3/b23-14-. The first-order chi connectivity index (χ1) is 15.8. The Morgan fingerprint density at radius 3 is 2.48 bits per heavy atom. The Labute approximate surface area is 204 Å². The first-order valence-electron chi connectivity index (χ1n) is 10.2. The van der Waals surface area contributed by atoms with E-state index in [9.17, 15) is 14.4 Å². The number of esters is 1. The fourth-order valence-corrected chi connectivity index (χ4v) is 4.55. The molecule has 0 N–H and O–H groups in total. The molecule has 166 valence electrons. The summed E-state index contributed by atoms with van der Waals surface area (Å²) in [6.45, 7) is 4.11. The number of halogens is 1. The molecule has 3 aromatic rings. The molecule has 0 radical (unpaired) electrons. The van der Waals surface area contributed by atoms with Gasteiger partial charge in [-0.05, 0) is 67.6 Å². The van der Waals surface area contributed by atoms with Gasteiger partial charge in [-0.3, -0.25) is 14.5 Å². The predicted molar refractivity (Wildman–Crippen MR) is 133 cm³/mol. The molecular weight excluding hydrogens is 502 g/mol. The van der Waals surface area contributed by atoms with Crippen LogP contribution >= 0.6 is 27.7 Å². The molecule has 0 saturated carbocycles. The maximum Gasteiger partial charge on any atom is 0.343 e. The van der Waals surface area contributed by atoms with Crippen molar-refractivity contribution in [3.8, 4) is 5.75 Å². The summed E-state index contributed by atoms with van der Waals surface area (Å²) in [5.41, 5.74) is 3.93. The molecule has 1 fully saturated rings. The Bertz CT molecular complexity index is 1280. The van der Waals surface area contributed by atoms with E-state index in [1.165, 1.54) is 4.90 Å². The van der Waals surface area contributed by atoms with Gasteiger partial charge in [-0.25, -0.2) is 4.79 Å². The fraction of sp³-hybridized carbons (Fsp3) is 0.115. The van der Waals surface area contributed by atoms with Crippen LogP contribution in [0.2, 0.25) is 0 Å². The average Bonchev–Trinajstić information content (AvgIpc) is 3.03. The second kappa shape index (κ2) is 9.77. The van der Waals surface area contributed by atoms with Crippen LogP contribution in [-0.2, 0) is 11.3 Å². The molecule has 3 aromatic carbocycles. The van der Waals surface area contributed by atoms with Gasteiger partial charge < -0.3 is 4.74 Å². The Kier molecular flexibility index (Phi) is 6.81. The SMILES string of the molecule is Cc1ccc(C(=O)Oc2ccc(Br)cc2/C=C2\SC(=O)N(Cc3cccc(C)c3)C2=O)cc1. The number of rotatable bonds is 5. The highest BCUT2D eigenvalue weighted by Crippen LogP contribution is 2.36. The van der Waals surface area contributed by atoms with Crippen LogP contribution in [0.25, 0.3) is 6.08 Å². The minimum Gasteiger partial charge on any atom is -0.422 e. The van der Waals surface area contributed by atoms with E-state index < -0.39 is 5.97 Å². The first kappa shape index (κ1) is 23.0. The van der Waals surface area contributed by atoms with Crippen molar-refractivity contribution in [2.45, 2.75) is 20.4 Å². The second-order valence-corrected chi connectivity index (χ2v) is 9.60. The number of amides is 2. The predicted octanol–water partition coefficient (Wildman–Crippen LogP) is 6.52. The van der Waals surface area contributed by atoms with E-state index in [0.717, 1.165) is 32.9 Å². The third-order valence-electron chi connectivity index (χ3n) is 5.05. The van der Waals surface area contributed by atoms with Gasteiger partial charge in [0, 0.05) is 10.0 Å². The van der Waals surface area contributed by atoms with Gasteiger partial charge in [-0.1, -0.05) is 63.5 Å². The van der Waals surface area contributed by atoms with Crippen molar-refractivity contribution < 1.29 is 19.1 Å². The molecule has 0 unspecified atom stereocenters. The van der Waals surface area contributed by atoms with Gasteiger partial charge in [0.25, 0.3) is 11.1 Å². The van der Waals surface area contributed by atoms with E-state index in [2.05, 4.69) is 15.9 Å². The van der Waals surface area contributed by atoms with Crippen LogP contribution in [0, 0.1) is 13.8 Å². The van der Waals surface area contributed by atoms with Crippen molar-refractivity contribution in [3.05, 3.63) is 104 Å². The molecule has 0 bridgehead atoms. The fourth-order valence-electron chi connectivity index (χ4n) is 3.34. The van der Waals surface area contributed by atoms with Crippen LogP contribution in [0.1, 0.15) is 32.6 Å². The van der Waals surface area contributed by atoms with Crippen molar-refractivity contribution in [1.82, 2.24) is 4.90 Å². The summed E-state index contributed by atoms with van der Waals surface area (Å²) in [7, 11) is 0. The number of benzene rings is 3. The molecule has 7 heteroatoms. The summed E-state index contributed by atoms with van der Waals surface area (Å²) in [4.78, 5) is 39.6. The lowest BCUT2D eigenvalue weighted by atomic mass is 10.1. The summed E-state index contributed by atoms with van der Waals surface area (Å²) in [6, 6.07) is 19.9. The van der Waals surface area contributed by atoms with Crippen molar-refractivity contribution >= 4 is 50.9 Å². The van der Waals surface area contributed by atoms with E-state index in [1.54, 1.807) is 36.4 Å². The summed E-state index contributed by atoms with van der Waals surface area (Å²) in [5.74, 6) is -0.573. The highest BCUT2D eigenvalue weighted by Gasteiger charge is 2.35. The van der Waals surface area contributed by atoms with Gasteiger partial charge in [-0.2, -0.15) is 0 Å². The molecule has 0 aliphatic carbocycles. The number of hydrogen-bond donors (Lipinski definition) is 0. The number of carbonyl (C=O) groups excluding carboxylic acids is 3. The monoisotopic (exact) mass is 521 g/mol. The smallest absolute Gasteiger partial charge is 0.343 e. The zero-order valence-electron chi connectivity index (χ0n) is 18.0. The van der Waals surface area contributed by atoms with Crippen LogP contribution in [0.15, 0.2) is 76.1 Å². The molecule has 1 saturated heterocycles. The van der Waals surface area contributed by atoms with Crippen LogP contribution < -0.4 is 4.74 Å². The highest BCUT2D eigenvalue weighted by atomic mass is 79.9. The van der Waals surface area contributed by atoms with Gasteiger partial charge in [0.2, 0.25) is 0 Å². The highest BCUT2D eigenvalue weighted by molar-refractivity contribution is 9.10. The Morgan fingerprint density at radius 2 is 1.76 bits per heavy atom. The van der Waals surface area contributed by atoms with Crippen molar-refractivity contribution in [2.24, 2.45) is 0 Å². The van der Waals surface area contributed by atoms with Gasteiger partial charge in [0.05, 0.1) is 17.0 Å². The number of thioether (sulfide) groups is 1. The molecule has 1 aliphatic rings. The van der Waals surface area contributed by atoms with Gasteiger partial charge >= 0.3 is 5.97 Å². The quantitative estimate of drug-likeness (QED) is 0.217. The minimum absolute atomic E-state index is 0.206. The molecule has 0 atom stereocenters. The number of hydrogen-bond acceptors (Lipinski definition) is 5. The minimum atomic E-state index is -0.500. The van der Waals surface area contributed by atoms with Crippen molar-refractivity contribution in [2.75, 3.05) is 0 Å². The molecule has 4 rings (SSSR count). The number of aryl methyl sites for hydroxylation is 2. The van der Waals surface area contributed by atoms with E-state index in [1.807, 2.05) is 50.2 Å². The first-order valence-corrected chi connectivity index (χ1v) is 11.8. The summed E-state index contributed by atoms with van der Waals surface area (Å²) in [5, 5.41) is -0.332. The molecule has 0 spiro atoms. The van der Waals surface area contributed by atoms with Crippen LogP contribution in [-0.4, -0.2) is 22.0 Å². The van der Waals surface area contributed by atoms with Crippen molar-refractivity contribution in [3.63, 3.8) is 0 Å². The van der Waals surface area contributed by atoms with E-state index in [4.69, 9.17) is 4.74 Å². The Hall–Kier alpha value is -3.16. The largest absolute Gasteiger partial charge is 0.422 e. The van der Waals surface area contributed by atoms with E-state index in [0.29, 0.717) is 16.9 Å². The van der Waals surface area contributed by atoms with Gasteiger partial charge in [0.1, 0.15) is 5.75 Å². The lowest BCUT2D eigenvalue weighted by Gasteiger charge is -2.13. The Balaban J connectivity index is 1.58. The average molecular weight is 522 g/mol.